The largest absolute Gasteiger partial charge is 0.466 e. The number of para-hydroxylation sites is 1. The predicted octanol–water partition coefficient (Wildman–Crippen LogP) is 1.83. The molecule has 0 atom stereocenters. The Labute approximate surface area is 128 Å². The van der Waals surface area contributed by atoms with Crippen molar-refractivity contribution in [1.82, 2.24) is 4.90 Å². The molecule has 0 aromatic heterocycles. The summed E-state index contributed by atoms with van der Waals surface area (Å²) in [6.45, 7) is 3.43. The normalized spacial score (nSPS) is 17.4. The van der Waals surface area contributed by atoms with Gasteiger partial charge in [0.2, 0.25) is 6.79 Å². The van der Waals surface area contributed by atoms with Gasteiger partial charge in [0, 0.05) is 13.1 Å². The van der Waals surface area contributed by atoms with E-state index in [2.05, 4.69) is 0 Å². The van der Waals surface area contributed by atoms with Gasteiger partial charge in [-0.15, -0.1) is 0 Å². The summed E-state index contributed by atoms with van der Waals surface area (Å²) in [6.07, 6.45) is 1.27. The molecule has 2 aliphatic heterocycles. The van der Waals surface area contributed by atoms with Crippen molar-refractivity contribution in [2.45, 2.75) is 19.8 Å². The van der Waals surface area contributed by atoms with Gasteiger partial charge in [-0.1, -0.05) is 6.07 Å². The molecule has 2 heterocycles. The molecule has 2 aliphatic rings. The van der Waals surface area contributed by atoms with Crippen molar-refractivity contribution in [3.05, 3.63) is 23.8 Å². The van der Waals surface area contributed by atoms with Gasteiger partial charge in [-0.3, -0.25) is 9.59 Å². The Kier molecular flexibility index (Phi) is 4.18. The number of likely N-dealkylation sites (tertiary alicyclic amines) is 1. The second-order valence-corrected chi connectivity index (χ2v) is 5.36. The molecular weight excluding hydrogens is 286 g/mol. The van der Waals surface area contributed by atoms with Crippen LogP contribution in [0.5, 0.6) is 11.5 Å². The molecule has 6 nitrogen and oxygen atoms in total. The zero-order valence-corrected chi connectivity index (χ0v) is 12.5. The van der Waals surface area contributed by atoms with Crippen LogP contribution in [0.15, 0.2) is 18.2 Å². The van der Waals surface area contributed by atoms with Crippen LogP contribution in [0.1, 0.15) is 30.1 Å². The number of piperidine rings is 1. The van der Waals surface area contributed by atoms with Crippen LogP contribution in [0, 0.1) is 5.92 Å². The smallest absolute Gasteiger partial charge is 0.309 e. The van der Waals surface area contributed by atoms with Crippen LogP contribution in [0.4, 0.5) is 0 Å². The summed E-state index contributed by atoms with van der Waals surface area (Å²) < 4.78 is 15.7. The number of nitrogens with zero attached hydrogens (tertiary/aromatic N) is 1. The molecule has 0 unspecified atom stereocenters. The first kappa shape index (κ1) is 14.7. The summed E-state index contributed by atoms with van der Waals surface area (Å²) in [5.41, 5.74) is 0.518. The number of rotatable bonds is 3. The molecule has 118 valence electrons. The highest BCUT2D eigenvalue weighted by Crippen LogP contribution is 2.36. The third-order valence-electron chi connectivity index (χ3n) is 4.03. The maximum atomic E-state index is 12.6. The first-order valence-electron chi connectivity index (χ1n) is 7.55. The lowest BCUT2D eigenvalue weighted by molar-refractivity contribution is -0.149. The number of hydrogen-bond acceptors (Lipinski definition) is 5. The van der Waals surface area contributed by atoms with Gasteiger partial charge in [-0.05, 0) is 31.9 Å². The lowest BCUT2D eigenvalue weighted by atomic mass is 9.96. The van der Waals surface area contributed by atoms with E-state index in [1.54, 1.807) is 30.0 Å². The Morgan fingerprint density at radius 1 is 1.27 bits per heavy atom. The second-order valence-electron chi connectivity index (χ2n) is 5.36. The molecule has 0 N–H and O–H groups in total. The van der Waals surface area contributed by atoms with E-state index in [9.17, 15) is 9.59 Å². The third-order valence-corrected chi connectivity index (χ3v) is 4.03. The van der Waals surface area contributed by atoms with E-state index < -0.39 is 0 Å². The minimum Gasteiger partial charge on any atom is -0.466 e. The van der Waals surface area contributed by atoms with Crippen molar-refractivity contribution in [3.63, 3.8) is 0 Å². The number of esters is 1. The maximum Gasteiger partial charge on any atom is 0.309 e. The highest BCUT2D eigenvalue weighted by molar-refractivity contribution is 5.98. The van der Waals surface area contributed by atoms with Crippen LogP contribution in [-0.4, -0.2) is 43.3 Å². The molecule has 1 fully saturated rings. The molecular formula is C16H19NO5. The summed E-state index contributed by atoms with van der Waals surface area (Å²) in [6, 6.07) is 5.31. The number of fused-ring (bicyclic) bond motifs is 1. The Morgan fingerprint density at radius 2 is 2.05 bits per heavy atom. The highest BCUT2D eigenvalue weighted by atomic mass is 16.7. The van der Waals surface area contributed by atoms with E-state index in [0.29, 0.717) is 49.6 Å². The Morgan fingerprint density at radius 3 is 2.77 bits per heavy atom. The quantitative estimate of drug-likeness (QED) is 0.797. The summed E-state index contributed by atoms with van der Waals surface area (Å²) >= 11 is 0. The Balaban J connectivity index is 1.66. The molecule has 0 aliphatic carbocycles. The lowest BCUT2D eigenvalue weighted by Crippen LogP contribution is -2.40. The van der Waals surface area contributed by atoms with Crippen LogP contribution in [0.3, 0.4) is 0 Å². The fraction of sp³-hybridized carbons (Fsp3) is 0.500. The molecule has 0 saturated carbocycles. The number of carbonyl (C=O) groups is 2. The minimum atomic E-state index is -0.160. The summed E-state index contributed by atoms with van der Waals surface area (Å²) in [4.78, 5) is 26.1. The van der Waals surface area contributed by atoms with Gasteiger partial charge in [0.25, 0.3) is 5.91 Å². The Hall–Kier alpha value is -2.24. The highest BCUT2D eigenvalue weighted by Gasteiger charge is 2.31. The first-order valence-corrected chi connectivity index (χ1v) is 7.55. The van der Waals surface area contributed by atoms with Gasteiger partial charge in [0.1, 0.15) is 0 Å². The van der Waals surface area contributed by atoms with Gasteiger partial charge in [-0.25, -0.2) is 0 Å². The summed E-state index contributed by atoms with van der Waals surface area (Å²) in [5, 5.41) is 0. The number of carbonyl (C=O) groups excluding carboxylic acids is 2. The minimum absolute atomic E-state index is 0.0790. The zero-order chi connectivity index (χ0) is 15.5. The van der Waals surface area contributed by atoms with Crippen molar-refractivity contribution in [1.29, 1.82) is 0 Å². The molecule has 3 rings (SSSR count). The van der Waals surface area contributed by atoms with Crippen molar-refractivity contribution >= 4 is 11.9 Å². The zero-order valence-electron chi connectivity index (χ0n) is 12.5. The number of amides is 1. The van der Waals surface area contributed by atoms with Crippen LogP contribution in [0.2, 0.25) is 0 Å². The van der Waals surface area contributed by atoms with Gasteiger partial charge < -0.3 is 19.1 Å². The molecule has 1 aromatic carbocycles. The first-order chi connectivity index (χ1) is 10.7. The number of benzene rings is 1. The van der Waals surface area contributed by atoms with Crippen molar-refractivity contribution in [2.75, 3.05) is 26.5 Å². The fourth-order valence-corrected chi connectivity index (χ4v) is 2.85. The fourth-order valence-electron chi connectivity index (χ4n) is 2.85. The van der Waals surface area contributed by atoms with Crippen LogP contribution in [0.25, 0.3) is 0 Å². The van der Waals surface area contributed by atoms with Crippen LogP contribution in [-0.2, 0) is 9.53 Å². The topological polar surface area (TPSA) is 65.1 Å². The summed E-state index contributed by atoms with van der Waals surface area (Å²) in [7, 11) is 0. The molecule has 0 spiro atoms. The van der Waals surface area contributed by atoms with Crippen LogP contribution < -0.4 is 9.47 Å². The van der Waals surface area contributed by atoms with E-state index in [1.807, 2.05) is 0 Å². The van der Waals surface area contributed by atoms with Crippen LogP contribution >= 0.6 is 0 Å². The van der Waals surface area contributed by atoms with Gasteiger partial charge >= 0.3 is 5.97 Å². The number of hydrogen-bond donors (Lipinski definition) is 0. The molecule has 1 saturated heterocycles. The average Bonchev–Trinajstić information content (AvgIpc) is 3.03. The molecule has 22 heavy (non-hydrogen) atoms. The SMILES string of the molecule is CCOC(=O)C1CCN(C(=O)c2cccc3c2OCO3)CC1. The Bertz CT molecular complexity index is 578. The average molecular weight is 305 g/mol. The maximum absolute atomic E-state index is 12.6. The van der Waals surface area contributed by atoms with E-state index in [4.69, 9.17) is 14.2 Å². The van der Waals surface area contributed by atoms with E-state index in [-0.39, 0.29) is 24.6 Å². The molecule has 0 radical (unpaired) electrons. The molecule has 6 heteroatoms. The molecule has 1 aromatic rings. The standard InChI is InChI=1S/C16H19NO5/c1-2-20-16(19)11-6-8-17(9-7-11)15(18)12-4-3-5-13-14(12)22-10-21-13/h3-5,11H,2,6-10H2,1H3. The number of ether oxygens (including phenoxy) is 3. The van der Waals surface area contributed by atoms with Crippen molar-refractivity contribution < 1.29 is 23.8 Å². The third kappa shape index (κ3) is 2.73. The van der Waals surface area contributed by atoms with E-state index in [0.717, 1.165) is 0 Å². The second kappa shape index (κ2) is 6.25. The monoisotopic (exact) mass is 305 g/mol. The van der Waals surface area contributed by atoms with Crippen molar-refractivity contribution in [3.8, 4) is 11.5 Å². The van der Waals surface area contributed by atoms with E-state index >= 15 is 0 Å². The predicted molar refractivity (Wildman–Crippen MR) is 77.8 cm³/mol. The molecule has 0 bridgehead atoms. The molecule has 1 amide bonds. The van der Waals surface area contributed by atoms with Gasteiger partial charge in [0.05, 0.1) is 18.1 Å². The van der Waals surface area contributed by atoms with Gasteiger partial charge in [0.15, 0.2) is 11.5 Å². The van der Waals surface area contributed by atoms with Crippen molar-refractivity contribution in [2.24, 2.45) is 5.92 Å². The van der Waals surface area contributed by atoms with Gasteiger partial charge in [-0.2, -0.15) is 0 Å². The van der Waals surface area contributed by atoms with E-state index in [1.165, 1.54) is 0 Å². The summed E-state index contributed by atoms with van der Waals surface area (Å²) in [5.74, 6) is 0.772. The lowest BCUT2D eigenvalue weighted by Gasteiger charge is -2.31.